The molecule has 0 amide bonds. The molecule has 1 N–H and O–H groups in total. The number of hydrogen-bond donors (Lipinski definition) is 1. The van der Waals surface area contributed by atoms with Crippen molar-refractivity contribution in [2.45, 2.75) is 45.4 Å². The van der Waals surface area contributed by atoms with Crippen LogP contribution in [0.5, 0.6) is 0 Å². The SMILES string of the molecule is [C-]#[N+]C1=C(O)C(C)(C)[C@@H]2CCc3cnn(-c4ccccc4)c3[C@@]2(C)C1. The maximum absolute atomic E-state index is 10.7. The predicted molar refractivity (Wildman–Crippen MR) is 97.4 cm³/mol. The number of aryl methyl sites for hydroxylation is 1. The lowest BCUT2D eigenvalue weighted by atomic mass is 9.52. The summed E-state index contributed by atoms with van der Waals surface area (Å²) in [6.45, 7) is 13.9. The van der Waals surface area contributed by atoms with Gasteiger partial charge in [-0.05, 0) is 42.9 Å². The summed E-state index contributed by atoms with van der Waals surface area (Å²) < 4.78 is 2.04. The maximum Gasteiger partial charge on any atom is 0.203 e. The fourth-order valence-electron chi connectivity index (χ4n) is 5.15. The van der Waals surface area contributed by atoms with E-state index in [9.17, 15) is 5.11 Å². The minimum absolute atomic E-state index is 0.213. The Labute approximate surface area is 148 Å². The van der Waals surface area contributed by atoms with Crippen LogP contribution >= 0.6 is 0 Å². The first kappa shape index (κ1) is 16.0. The van der Waals surface area contributed by atoms with E-state index in [0.717, 1.165) is 18.5 Å². The minimum Gasteiger partial charge on any atom is -0.523 e. The molecule has 0 fully saturated rings. The number of aromatic nitrogens is 2. The van der Waals surface area contributed by atoms with E-state index in [1.807, 2.05) is 29.1 Å². The topological polar surface area (TPSA) is 42.4 Å². The number of hydrogen-bond acceptors (Lipinski definition) is 2. The summed E-state index contributed by atoms with van der Waals surface area (Å²) in [5.41, 5.74) is 3.40. The van der Waals surface area contributed by atoms with Crippen molar-refractivity contribution in [3.63, 3.8) is 0 Å². The molecule has 0 radical (unpaired) electrons. The first-order valence-electron chi connectivity index (χ1n) is 8.82. The molecule has 0 unspecified atom stereocenters. The van der Waals surface area contributed by atoms with E-state index >= 15 is 0 Å². The van der Waals surface area contributed by atoms with E-state index in [-0.39, 0.29) is 17.1 Å². The Morgan fingerprint density at radius 1 is 1.24 bits per heavy atom. The molecule has 0 bridgehead atoms. The highest BCUT2D eigenvalue weighted by atomic mass is 16.3. The van der Waals surface area contributed by atoms with Crippen molar-refractivity contribution in [1.82, 2.24) is 9.78 Å². The van der Waals surface area contributed by atoms with Crippen LogP contribution in [0, 0.1) is 17.9 Å². The quantitative estimate of drug-likeness (QED) is 0.761. The summed E-state index contributed by atoms with van der Waals surface area (Å²) in [6.07, 6.45) is 4.52. The fourth-order valence-corrected chi connectivity index (χ4v) is 5.15. The maximum atomic E-state index is 10.7. The van der Waals surface area contributed by atoms with Gasteiger partial charge in [0, 0.05) is 10.8 Å². The lowest BCUT2D eigenvalue weighted by Gasteiger charge is -2.52. The van der Waals surface area contributed by atoms with Gasteiger partial charge >= 0.3 is 0 Å². The molecule has 2 aliphatic carbocycles. The zero-order valence-electron chi connectivity index (χ0n) is 15.0. The summed E-state index contributed by atoms with van der Waals surface area (Å²) in [5.74, 6) is 0.552. The van der Waals surface area contributed by atoms with Crippen molar-refractivity contribution in [3.8, 4) is 5.69 Å². The van der Waals surface area contributed by atoms with Crippen molar-refractivity contribution in [1.29, 1.82) is 0 Å². The number of allylic oxidation sites excluding steroid dienone is 2. The largest absolute Gasteiger partial charge is 0.523 e. The number of fused-ring (bicyclic) bond motifs is 3. The second-order valence-corrected chi connectivity index (χ2v) is 8.08. The normalized spacial score (nSPS) is 27.4. The van der Waals surface area contributed by atoms with Gasteiger partial charge in [-0.3, -0.25) is 0 Å². The van der Waals surface area contributed by atoms with Crippen LogP contribution in [0.3, 0.4) is 0 Å². The zero-order chi connectivity index (χ0) is 17.8. The molecule has 128 valence electrons. The molecule has 1 aromatic carbocycles. The third kappa shape index (κ3) is 2.08. The molecule has 0 saturated carbocycles. The average molecular weight is 333 g/mol. The highest BCUT2D eigenvalue weighted by molar-refractivity contribution is 5.44. The van der Waals surface area contributed by atoms with Gasteiger partial charge in [0.15, 0.2) is 0 Å². The molecule has 4 nitrogen and oxygen atoms in total. The van der Waals surface area contributed by atoms with E-state index in [1.165, 1.54) is 11.3 Å². The molecule has 2 aliphatic rings. The highest BCUT2D eigenvalue weighted by Gasteiger charge is 2.55. The Morgan fingerprint density at radius 2 is 1.96 bits per heavy atom. The number of benzene rings is 1. The van der Waals surface area contributed by atoms with Crippen LogP contribution in [0.25, 0.3) is 10.5 Å². The van der Waals surface area contributed by atoms with Crippen molar-refractivity contribution in [2.75, 3.05) is 0 Å². The third-order valence-corrected chi connectivity index (χ3v) is 6.28. The molecule has 0 aliphatic heterocycles. The monoisotopic (exact) mass is 333 g/mol. The van der Waals surface area contributed by atoms with E-state index < -0.39 is 5.41 Å². The summed E-state index contributed by atoms with van der Waals surface area (Å²) >= 11 is 0. The molecule has 0 spiro atoms. The first-order valence-corrected chi connectivity index (χ1v) is 8.82. The molecule has 1 aromatic heterocycles. The van der Waals surface area contributed by atoms with Gasteiger partial charge in [-0.25, -0.2) is 9.53 Å². The van der Waals surface area contributed by atoms with Crippen molar-refractivity contribution < 1.29 is 5.11 Å². The van der Waals surface area contributed by atoms with Gasteiger partial charge in [0.1, 0.15) is 5.76 Å². The van der Waals surface area contributed by atoms with Crippen LogP contribution in [0.15, 0.2) is 48.0 Å². The number of rotatable bonds is 1. The second kappa shape index (κ2) is 5.23. The van der Waals surface area contributed by atoms with Gasteiger partial charge in [-0.15, -0.1) is 0 Å². The van der Waals surface area contributed by atoms with E-state index in [1.54, 1.807) is 0 Å². The smallest absolute Gasteiger partial charge is 0.203 e. The molecule has 4 heteroatoms. The summed E-state index contributed by atoms with van der Waals surface area (Å²) in [7, 11) is 0. The van der Waals surface area contributed by atoms with Gasteiger partial charge in [0.05, 0.1) is 24.2 Å². The molecule has 2 aromatic rings. The highest BCUT2D eigenvalue weighted by Crippen LogP contribution is 2.58. The van der Waals surface area contributed by atoms with E-state index in [2.05, 4.69) is 42.8 Å². The molecule has 4 rings (SSSR count). The summed E-state index contributed by atoms with van der Waals surface area (Å²) in [4.78, 5) is 3.67. The lowest BCUT2D eigenvalue weighted by molar-refractivity contribution is 0.0615. The Hall–Kier alpha value is -2.54. The van der Waals surface area contributed by atoms with Gasteiger partial charge in [0.25, 0.3) is 0 Å². The van der Waals surface area contributed by atoms with Crippen molar-refractivity contribution in [3.05, 3.63) is 70.7 Å². The lowest BCUT2D eigenvalue weighted by Crippen LogP contribution is -2.49. The number of aliphatic hydroxyl groups is 1. The van der Waals surface area contributed by atoms with Crippen LogP contribution in [0.1, 0.15) is 44.9 Å². The number of para-hydroxylation sites is 1. The van der Waals surface area contributed by atoms with Crippen molar-refractivity contribution >= 4 is 0 Å². The van der Waals surface area contributed by atoms with Gasteiger partial charge in [-0.1, -0.05) is 39.0 Å². The van der Waals surface area contributed by atoms with Crippen LogP contribution in [0.2, 0.25) is 0 Å². The van der Waals surface area contributed by atoms with Gasteiger partial charge < -0.3 is 5.11 Å². The summed E-state index contributed by atoms with van der Waals surface area (Å²) in [5, 5.41) is 15.4. The van der Waals surface area contributed by atoms with Crippen molar-refractivity contribution in [2.24, 2.45) is 11.3 Å². The Kier molecular flexibility index (Phi) is 3.34. The second-order valence-electron chi connectivity index (χ2n) is 8.08. The average Bonchev–Trinajstić information content (AvgIpc) is 3.04. The molecule has 0 saturated heterocycles. The third-order valence-electron chi connectivity index (χ3n) is 6.28. The molecule has 25 heavy (non-hydrogen) atoms. The standard InChI is InChI=1S/C21H23N3O/c1-20(2)17-11-10-14-13-23-24(15-8-6-5-7-9-15)18(14)21(17,3)12-16(22-4)19(20)25/h5-9,13,17,25H,10-12H2,1-3H3/t17-,21-/m0/s1. The van der Waals surface area contributed by atoms with E-state index in [4.69, 9.17) is 6.57 Å². The van der Waals surface area contributed by atoms with E-state index in [0.29, 0.717) is 12.1 Å². The predicted octanol–water partition coefficient (Wildman–Crippen LogP) is 4.81. The van der Waals surface area contributed by atoms with Crippen LogP contribution in [0.4, 0.5) is 0 Å². The molecular weight excluding hydrogens is 310 g/mol. The number of aliphatic hydroxyl groups excluding tert-OH is 1. The molecular formula is C21H23N3O. The van der Waals surface area contributed by atoms with Crippen LogP contribution < -0.4 is 0 Å². The number of nitrogens with zero attached hydrogens (tertiary/aromatic N) is 3. The van der Waals surface area contributed by atoms with Gasteiger partial charge in [-0.2, -0.15) is 5.10 Å². The minimum atomic E-state index is -0.406. The Morgan fingerprint density at radius 3 is 2.64 bits per heavy atom. The fraction of sp³-hybridized carbons (Fsp3) is 0.429. The Bertz CT molecular complexity index is 901. The molecule has 2 atom stereocenters. The van der Waals surface area contributed by atoms with Crippen LogP contribution in [-0.2, 0) is 11.8 Å². The zero-order valence-corrected chi connectivity index (χ0v) is 15.0. The van der Waals surface area contributed by atoms with Gasteiger partial charge in [0.2, 0.25) is 5.70 Å². The van der Waals surface area contributed by atoms with Crippen LogP contribution in [-0.4, -0.2) is 14.9 Å². The first-order chi connectivity index (χ1) is 11.9. The Balaban J connectivity index is 1.95. The molecule has 1 heterocycles. The summed E-state index contributed by atoms with van der Waals surface area (Å²) in [6, 6.07) is 10.2.